The van der Waals surface area contributed by atoms with Crippen LogP contribution in [0.1, 0.15) is 0 Å². The summed E-state index contributed by atoms with van der Waals surface area (Å²) in [6.45, 7) is 0. The highest BCUT2D eigenvalue weighted by molar-refractivity contribution is 7.29. The van der Waals surface area contributed by atoms with Crippen molar-refractivity contribution in [2.45, 2.75) is 0 Å². The van der Waals surface area contributed by atoms with Crippen LogP contribution in [0, 0.1) is 0 Å². The van der Waals surface area contributed by atoms with E-state index in [1.165, 1.54) is 22.7 Å². The molecule has 0 amide bonds. The lowest BCUT2D eigenvalue weighted by molar-refractivity contribution is 0.582. The van der Waals surface area contributed by atoms with Crippen LogP contribution >= 0.6 is 22.7 Å². The number of fused-ring (bicyclic) bond motifs is 1. The molecule has 0 N–H and O–H groups in total. The fraction of sp³-hybridized carbons (Fsp3) is 0. The fourth-order valence-corrected chi connectivity index (χ4v) is 3.63. The number of rotatable bonds is 2. The molecule has 0 aromatic carbocycles. The molecule has 4 rings (SSSR count). The Morgan fingerprint density at radius 2 is 1.28 bits per heavy atom. The van der Waals surface area contributed by atoms with Gasteiger partial charge in [-0.05, 0) is 24.3 Å². The minimum absolute atomic E-state index is 0.782. The first-order valence-corrected chi connectivity index (χ1v) is 6.88. The molecule has 4 heterocycles. The lowest BCUT2D eigenvalue weighted by Gasteiger charge is -1.87. The minimum Gasteiger partial charge on any atom is -0.462 e. The average Bonchev–Trinajstić information content (AvgIpc) is 3.13. The Labute approximate surface area is 110 Å². The Bertz CT molecular complexity index is 686. The molecule has 4 nitrogen and oxygen atoms in total. The van der Waals surface area contributed by atoms with Crippen LogP contribution < -0.4 is 0 Å². The number of hydrogen-bond acceptors (Lipinski definition) is 6. The smallest absolute Gasteiger partial charge is 0.162 e. The standard InChI is InChI=1S/C12H6N2O2S2/c1-3-7(15-5-1)9-13-11-12(17-9)14-10(18-11)8-4-2-6-16-8/h1-6H. The molecule has 0 radical (unpaired) electrons. The van der Waals surface area contributed by atoms with Gasteiger partial charge in [-0.25, -0.2) is 9.97 Å². The lowest BCUT2D eigenvalue weighted by atomic mass is 10.5. The fourth-order valence-electron chi connectivity index (χ4n) is 1.65. The number of aromatic nitrogens is 2. The second-order valence-electron chi connectivity index (χ2n) is 3.60. The summed E-state index contributed by atoms with van der Waals surface area (Å²) < 4.78 is 10.7. The van der Waals surface area contributed by atoms with Crippen LogP contribution in [-0.4, -0.2) is 9.97 Å². The third-order valence-corrected chi connectivity index (χ3v) is 4.50. The van der Waals surface area contributed by atoms with E-state index in [-0.39, 0.29) is 0 Å². The highest BCUT2D eigenvalue weighted by Crippen LogP contribution is 2.36. The summed E-state index contributed by atoms with van der Waals surface area (Å²) in [4.78, 5) is 10.9. The van der Waals surface area contributed by atoms with E-state index >= 15 is 0 Å². The van der Waals surface area contributed by atoms with E-state index in [9.17, 15) is 0 Å². The van der Waals surface area contributed by atoms with Gasteiger partial charge >= 0.3 is 0 Å². The molecule has 0 atom stereocenters. The summed E-state index contributed by atoms with van der Waals surface area (Å²) in [5.41, 5.74) is 0. The summed E-state index contributed by atoms with van der Waals surface area (Å²) in [5.74, 6) is 1.56. The Hall–Kier alpha value is -1.92. The normalized spacial score (nSPS) is 11.3. The Balaban J connectivity index is 1.82. The van der Waals surface area contributed by atoms with Crippen molar-refractivity contribution in [2.75, 3.05) is 0 Å². The first kappa shape index (κ1) is 10.0. The van der Waals surface area contributed by atoms with Crippen LogP contribution in [0.15, 0.2) is 45.6 Å². The summed E-state index contributed by atoms with van der Waals surface area (Å²) in [7, 11) is 0. The largest absolute Gasteiger partial charge is 0.462 e. The van der Waals surface area contributed by atoms with Gasteiger partial charge in [-0.3, -0.25) is 0 Å². The van der Waals surface area contributed by atoms with Gasteiger partial charge in [0.25, 0.3) is 0 Å². The van der Waals surface area contributed by atoms with Crippen LogP contribution in [0.5, 0.6) is 0 Å². The van der Waals surface area contributed by atoms with Gasteiger partial charge in [0.15, 0.2) is 31.2 Å². The van der Waals surface area contributed by atoms with E-state index in [2.05, 4.69) is 9.97 Å². The van der Waals surface area contributed by atoms with Gasteiger partial charge < -0.3 is 8.83 Å². The van der Waals surface area contributed by atoms with Gasteiger partial charge in [-0.1, -0.05) is 22.7 Å². The van der Waals surface area contributed by atoms with Gasteiger partial charge in [0, 0.05) is 0 Å². The van der Waals surface area contributed by atoms with Crippen molar-refractivity contribution in [2.24, 2.45) is 0 Å². The van der Waals surface area contributed by atoms with E-state index in [1.807, 2.05) is 24.3 Å². The first-order valence-electron chi connectivity index (χ1n) is 5.25. The predicted molar refractivity (Wildman–Crippen MR) is 70.7 cm³/mol. The SMILES string of the molecule is c1coc(-c2nc3sc(-c4ccco4)nc3s2)c1. The molecular formula is C12H6N2O2S2. The molecule has 0 aliphatic carbocycles. The van der Waals surface area contributed by atoms with Crippen molar-refractivity contribution < 1.29 is 8.83 Å². The van der Waals surface area contributed by atoms with Crippen molar-refractivity contribution in [3.8, 4) is 21.5 Å². The molecule has 4 aromatic rings. The maximum absolute atomic E-state index is 5.33. The molecule has 0 fully saturated rings. The van der Waals surface area contributed by atoms with Gasteiger partial charge in [0.05, 0.1) is 12.5 Å². The van der Waals surface area contributed by atoms with Crippen molar-refractivity contribution in [1.29, 1.82) is 0 Å². The molecular weight excluding hydrogens is 268 g/mol. The van der Waals surface area contributed by atoms with Crippen molar-refractivity contribution in [1.82, 2.24) is 9.97 Å². The predicted octanol–water partition coefficient (Wildman–Crippen LogP) is 4.27. The maximum Gasteiger partial charge on any atom is 0.162 e. The zero-order valence-electron chi connectivity index (χ0n) is 8.99. The van der Waals surface area contributed by atoms with E-state index in [1.54, 1.807) is 12.5 Å². The average molecular weight is 274 g/mol. The molecule has 0 unspecified atom stereocenters. The van der Waals surface area contributed by atoms with Crippen molar-refractivity contribution in [3.05, 3.63) is 36.8 Å². The Morgan fingerprint density at radius 1 is 0.778 bits per heavy atom. The van der Waals surface area contributed by atoms with Gasteiger partial charge in [-0.2, -0.15) is 0 Å². The highest BCUT2D eigenvalue weighted by atomic mass is 32.1. The zero-order chi connectivity index (χ0) is 11.9. The van der Waals surface area contributed by atoms with Gasteiger partial charge in [0.2, 0.25) is 0 Å². The third-order valence-electron chi connectivity index (χ3n) is 2.44. The molecule has 0 aliphatic heterocycles. The number of furan rings is 2. The minimum atomic E-state index is 0.782. The van der Waals surface area contributed by atoms with E-state index in [4.69, 9.17) is 8.83 Å². The maximum atomic E-state index is 5.33. The summed E-state index contributed by atoms with van der Waals surface area (Å²) in [5, 5.41) is 1.72. The van der Waals surface area contributed by atoms with Crippen LogP contribution in [0.2, 0.25) is 0 Å². The molecule has 0 saturated heterocycles. The van der Waals surface area contributed by atoms with Gasteiger partial charge in [-0.15, -0.1) is 0 Å². The quantitative estimate of drug-likeness (QED) is 0.547. The summed E-state index contributed by atoms with van der Waals surface area (Å²) >= 11 is 3.05. The van der Waals surface area contributed by atoms with Crippen LogP contribution in [-0.2, 0) is 0 Å². The van der Waals surface area contributed by atoms with Gasteiger partial charge in [0.1, 0.15) is 0 Å². The Kier molecular flexibility index (Phi) is 2.12. The molecule has 0 spiro atoms. The van der Waals surface area contributed by atoms with Crippen LogP contribution in [0.3, 0.4) is 0 Å². The zero-order valence-corrected chi connectivity index (χ0v) is 10.6. The van der Waals surface area contributed by atoms with E-state index in [0.717, 1.165) is 31.2 Å². The molecule has 0 aliphatic rings. The second-order valence-corrected chi connectivity index (χ2v) is 5.56. The summed E-state index contributed by atoms with van der Waals surface area (Å²) in [6.07, 6.45) is 3.29. The molecule has 0 bridgehead atoms. The molecule has 4 aromatic heterocycles. The topological polar surface area (TPSA) is 52.1 Å². The Morgan fingerprint density at radius 3 is 1.67 bits per heavy atom. The molecule has 18 heavy (non-hydrogen) atoms. The monoisotopic (exact) mass is 274 g/mol. The first-order chi connectivity index (χ1) is 8.90. The number of hydrogen-bond donors (Lipinski definition) is 0. The van der Waals surface area contributed by atoms with Crippen molar-refractivity contribution >= 4 is 32.3 Å². The van der Waals surface area contributed by atoms with E-state index in [0.29, 0.717) is 0 Å². The molecule has 0 saturated carbocycles. The number of nitrogens with zero attached hydrogens (tertiary/aromatic N) is 2. The van der Waals surface area contributed by atoms with Crippen LogP contribution in [0.4, 0.5) is 0 Å². The highest BCUT2D eigenvalue weighted by Gasteiger charge is 2.15. The lowest BCUT2D eigenvalue weighted by Crippen LogP contribution is -1.69. The van der Waals surface area contributed by atoms with Crippen molar-refractivity contribution in [3.63, 3.8) is 0 Å². The van der Waals surface area contributed by atoms with E-state index < -0.39 is 0 Å². The third kappa shape index (κ3) is 1.50. The molecule has 6 heteroatoms. The second kappa shape index (κ2) is 3.79. The molecule has 88 valence electrons. The van der Waals surface area contributed by atoms with Crippen LogP contribution in [0.25, 0.3) is 31.2 Å². The summed E-state index contributed by atoms with van der Waals surface area (Å²) in [6, 6.07) is 7.50. The number of thiazole rings is 2.